The zero-order valence-electron chi connectivity index (χ0n) is 13.9. The fraction of sp³-hybridized carbons (Fsp3) is 0.350. The van der Waals surface area contributed by atoms with Crippen LogP contribution in [0.25, 0.3) is 0 Å². The van der Waals surface area contributed by atoms with E-state index >= 15 is 0 Å². The topological polar surface area (TPSA) is 49.3 Å². The molecule has 0 aliphatic carbocycles. The Balaban J connectivity index is 1.84. The second-order valence-electron chi connectivity index (χ2n) is 6.19. The average molecular weight is 311 g/mol. The molecular formula is C20H25NO2. The number of carbonyl (C=O) groups is 1. The summed E-state index contributed by atoms with van der Waals surface area (Å²) in [4.78, 5) is 12.2. The van der Waals surface area contributed by atoms with Gasteiger partial charge in [-0.15, -0.1) is 0 Å². The molecular weight excluding hydrogens is 286 g/mol. The molecule has 2 aromatic rings. The molecule has 2 rings (SSSR count). The molecule has 0 aliphatic rings. The number of hydrogen-bond donors (Lipinski definition) is 2. The number of amides is 1. The zero-order chi connectivity index (χ0) is 16.7. The molecule has 3 nitrogen and oxygen atoms in total. The normalized spacial score (nSPS) is 12.0. The lowest BCUT2D eigenvalue weighted by molar-refractivity contribution is -0.117. The molecule has 3 heteroatoms. The Hall–Kier alpha value is -2.13. The maximum absolute atomic E-state index is 12.2. The highest BCUT2D eigenvalue weighted by atomic mass is 16.3. The lowest BCUT2D eigenvalue weighted by Crippen LogP contribution is -2.16. The fourth-order valence-corrected chi connectivity index (χ4v) is 2.58. The highest BCUT2D eigenvalue weighted by Gasteiger charge is 2.11. The van der Waals surface area contributed by atoms with Gasteiger partial charge in [0.25, 0.3) is 0 Å². The number of anilines is 1. The van der Waals surface area contributed by atoms with Crippen molar-refractivity contribution < 1.29 is 9.90 Å². The Kier molecular flexibility index (Phi) is 6.36. The molecule has 0 radical (unpaired) electrons. The number of aliphatic hydroxyl groups excluding tert-OH is 1. The van der Waals surface area contributed by atoms with Gasteiger partial charge in [-0.1, -0.05) is 49.4 Å². The van der Waals surface area contributed by atoms with E-state index < -0.39 is 0 Å². The highest BCUT2D eigenvalue weighted by molar-refractivity contribution is 5.91. The van der Waals surface area contributed by atoms with E-state index in [4.69, 9.17) is 0 Å². The van der Waals surface area contributed by atoms with Crippen LogP contribution in [0, 0.1) is 12.8 Å². The molecule has 23 heavy (non-hydrogen) atoms. The minimum Gasteiger partial charge on any atom is -0.392 e. The van der Waals surface area contributed by atoms with Gasteiger partial charge in [-0.2, -0.15) is 0 Å². The van der Waals surface area contributed by atoms with E-state index in [0.717, 1.165) is 29.7 Å². The molecule has 1 unspecified atom stereocenters. The average Bonchev–Trinajstić information content (AvgIpc) is 2.56. The molecule has 2 N–H and O–H groups in total. The standard InChI is InChI=1S/C20H25NO2/c1-15(8-10-17-6-4-3-5-7-17)12-20(23)21-19-13-18(14-22)11-9-16(19)2/h3-7,9,11,13,15,22H,8,10,12,14H2,1-2H3,(H,21,23). The number of aryl methyl sites for hydroxylation is 2. The molecule has 2 aromatic carbocycles. The van der Waals surface area contributed by atoms with Gasteiger partial charge < -0.3 is 10.4 Å². The maximum Gasteiger partial charge on any atom is 0.224 e. The van der Waals surface area contributed by atoms with Gasteiger partial charge in [-0.25, -0.2) is 0 Å². The molecule has 0 aliphatic heterocycles. The number of nitrogens with one attached hydrogen (secondary N) is 1. The summed E-state index contributed by atoms with van der Waals surface area (Å²) in [7, 11) is 0. The van der Waals surface area contributed by atoms with E-state index in [1.807, 2.05) is 43.3 Å². The Labute approximate surface area is 138 Å². The number of hydrogen-bond acceptors (Lipinski definition) is 2. The van der Waals surface area contributed by atoms with Gasteiger partial charge >= 0.3 is 0 Å². The first kappa shape index (κ1) is 17.2. The number of benzene rings is 2. The van der Waals surface area contributed by atoms with Gasteiger partial charge in [-0.3, -0.25) is 4.79 Å². The van der Waals surface area contributed by atoms with Gasteiger partial charge in [0, 0.05) is 12.1 Å². The van der Waals surface area contributed by atoms with Crippen molar-refractivity contribution in [2.45, 2.75) is 39.7 Å². The maximum atomic E-state index is 12.2. The van der Waals surface area contributed by atoms with Crippen LogP contribution in [0.3, 0.4) is 0 Å². The lowest BCUT2D eigenvalue weighted by atomic mass is 9.98. The smallest absolute Gasteiger partial charge is 0.224 e. The number of carbonyl (C=O) groups excluding carboxylic acids is 1. The fourth-order valence-electron chi connectivity index (χ4n) is 2.58. The molecule has 1 amide bonds. The van der Waals surface area contributed by atoms with Crippen LogP contribution < -0.4 is 5.32 Å². The van der Waals surface area contributed by atoms with Crippen LogP contribution in [0.5, 0.6) is 0 Å². The predicted molar refractivity (Wildman–Crippen MR) is 94.3 cm³/mol. The number of aliphatic hydroxyl groups is 1. The first-order chi connectivity index (χ1) is 11.1. The molecule has 1 atom stereocenters. The quantitative estimate of drug-likeness (QED) is 0.809. The summed E-state index contributed by atoms with van der Waals surface area (Å²) >= 11 is 0. The predicted octanol–water partition coefficient (Wildman–Crippen LogP) is 4.08. The van der Waals surface area contributed by atoms with Crippen molar-refractivity contribution in [2.75, 3.05) is 5.32 Å². The van der Waals surface area contributed by atoms with E-state index in [1.165, 1.54) is 5.56 Å². The summed E-state index contributed by atoms with van der Waals surface area (Å²) < 4.78 is 0. The third kappa shape index (κ3) is 5.53. The Morgan fingerprint density at radius 3 is 2.57 bits per heavy atom. The van der Waals surface area contributed by atoms with Gasteiger partial charge in [0.1, 0.15) is 0 Å². The Morgan fingerprint density at radius 1 is 1.13 bits per heavy atom. The van der Waals surface area contributed by atoms with Crippen LogP contribution in [0.4, 0.5) is 5.69 Å². The molecule has 0 fully saturated rings. The van der Waals surface area contributed by atoms with Crippen molar-refractivity contribution in [1.82, 2.24) is 0 Å². The third-order valence-electron chi connectivity index (χ3n) is 4.06. The summed E-state index contributed by atoms with van der Waals surface area (Å²) in [5, 5.41) is 12.2. The van der Waals surface area contributed by atoms with Crippen molar-refractivity contribution in [1.29, 1.82) is 0 Å². The van der Waals surface area contributed by atoms with Crippen LogP contribution in [-0.4, -0.2) is 11.0 Å². The minimum absolute atomic E-state index is 0.0172. The largest absolute Gasteiger partial charge is 0.392 e. The third-order valence-corrected chi connectivity index (χ3v) is 4.06. The molecule has 0 bridgehead atoms. The minimum atomic E-state index is -0.0172. The molecule has 0 spiro atoms. The van der Waals surface area contributed by atoms with E-state index in [9.17, 15) is 9.90 Å². The molecule has 0 heterocycles. The number of rotatable bonds is 7. The van der Waals surface area contributed by atoms with Crippen molar-refractivity contribution in [3.8, 4) is 0 Å². The van der Waals surface area contributed by atoms with E-state index in [-0.39, 0.29) is 12.5 Å². The molecule has 0 aromatic heterocycles. The highest BCUT2D eigenvalue weighted by Crippen LogP contribution is 2.19. The van der Waals surface area contributed by atoms with Gasteiger partial charge in [0.05, 0.1) is 6.61 Å². The summed E-state index contributed by atoms with van der Waals surface area (Å²) in [6.07, 6.45) is 2.50. The van der Waals surface area contributed by atoms with E-state index in [2.05, 4.69) is 24.4 Å². The summed E-state index contributed by atoms with van der Waals surface area (Å²) in [5.41, 5.74) is 3.92. The van der Waals surface area contributed by atoms with Crippen molar-refractivity contribution in [2.24, 2.45) is 5.92 Å². The van der Waals surface area contributed by atoms with Crippen molar-refractivity contribution >= 4 is 11.6 Å². The molecule has 0 saturated heterocycles. The summed E-state index contributed by atoms with van der Waals surface area (Å²) in [6, 6.07) is 16.0. The Morgan fingerprint density at radius 2 is 1.87 bits per heavy atom. The summed E-state index contributed by atoms with van der Waals surface area (Å²) in [6.45, 7) is 4.05. The van der Waals surface area contributed by atoms with Gasteiger partial charge in [0.2, 0.25) is 5.91 Å². The van der Waals surface area contributed by atoms with Gasteiger partial charge in [-0.05, 0) is 48.4 Å². The van der Waals surface area contributed by atoms with Crippen LogP contribution in [0.2, 0.25) is 0 Å². The van der Waals surface area contributed by atoms with Crippen LogP contribution >= 0.6 is 0 Å². The molecule has 0 saturated carbocycles. The second kappa shape index (κ2) is 8.49. The van der Waals surface area contributed by atoms with Gasteiger partial charge in [0.15, 0.2) is 0 Å². The first-order valence-electron chi connectivity index (χ1n) is 8.12. The van der Waals surface area contributed by atoms with Crippen LogP contribution in [0.15, 0.2) is 48.5 Å². The monoisotopic (exact) mass is 311 g/mol. The van der Waals surface area contributed by atoms with Crippen molar-refractivity contribution in [3.63, 3.8) is 0 Å². The zero-order valence-corrected chi connectivity index (χ0v) is 13.9. The van der Waals surface area contributed by atoms with E-state index in [0.29, 0.717) is 12.3 Å². The first-order valence-corrected chi connectivity index (χ1v) is 8.12. The van der Waals surface area contributed by atoms with Crippen LogP contribution in [-0.2, 0) is 17.8 Å². The van der Waals surface area contributed by atoms with Crippen molar-refractivity contribution in [3.05, 3.63) is 65.2 Å². The van der Waals surface area contributed by atoms with Crippen LogP contribution in [0.1, 0.15) is 36.5 Å². The van der Waals surface area contributed by atoms with E-state index in [1.54, 1.807) is 0 Å². The second-order valence-corrected chi connectivity index (χ2v) is 6.19. The molecule has 122 valence electrons. The summed E-state index contributed by atoms with van der Waals surface area (Å²) in [5.74, 6) is 0.361. The Bertz CT molecular complexity index is 637. The lowest BCUT2D eigenvalue weighted by Gasteiger charge is -2.13. The SMILES string of the molecule is Cc1ccc(CO)cc1NC(=O)CC(C)CCc1ccccc1.